The lowest BCUT2D eigenvalue weighted by molar-refractivity contribution is 1.29. The van der Waals surface area contributed by atoms with E-state index in [4.69, 9.17) is 11.6 Å². The SMILES string of the molecule is Clc1ccccc1/C=N/Nc1nc(-c2cccc3ccccc23)cs1. The van der Waals surface area contributed by atoms with Gasteiger partial charge < -0.3 is 0 Å². The lowest BCUT2D eigenvalue weighted by Crippen LogP contribution is -1.91. The molecule has 1 N–H and O–H groups in total. The molecule has 3 aromatic carbocycles. The molecule has 25 heavy (non-hydrogen) atoms. The van der Waals surface area contributed by atoms with Gasteiger partial charge in [0.25, 0.3) is 0 Å². The molecule has 0 aliphatic rings. The van der Waals surface area contributed by atoms with Gasteiger partial charge in [-0.3, -0.25) is 5.43 Å². The predicted octanol–water partition coefficient (Wildman–Crippen LogP) is 6.06. The molecule has 0 amide bonds. The van der Waals surface area contributed by atoms with E-state index in [1.165, 1.54) is 22.1 Å². The van der Waals surface area contributed by atoms with E-state index < -0.39 is 0 Å². The van der Waals surface area contributed by atoms with Crippen LogP contribution in [0.4, 0.5) is 5.13 Å². The summed E-state index contributed by atoms with van der Waals surface area (Å²) in [5.74, 6) is 0. The summed E-state index contributed by atoms with van der Waals surface area (Å²) < 4.78 is 0. The molecule has 0 aliphatic heterocycles. The van der Waals surface area contributed by atoms with Crippen molar-refractivity contribution in [1.29, 1.82) is 0 Å². The topological polar surface area (TPSA) is 37.3 Å². The van der Waals surface area contributed by atoms with Crippen LogP contribution in [0, 0.1) is 0 Å². The Morgan fingerprint density at radius 1 is 0.960 bits per heavy atom. The standard InChI is InChI=1S/C20H14ClN3S/c21-18-11-4-2-7-15(18)12-22-24-20-23-19(13-25-20)17-10-5-8-14-6-1-3-9-16(14)17/h1-13H,(H,23,24)/b22-12+. The number of anilines is 1. The number of rotatable bonds is 4. The van der Waals surface area contributed by atoms with Crippen molar-refractivity contribution in [2.45, 2.75) is 0 Å². The van der Waals surface area contributed by atoms with Crippen molar-refractivity contribution in [1.82, 2.24) is 4.98 Å². The third-order valence-electron chi connectivity index (χ3n) is 3.84. The highest BCUT2D eigenvalue weighted by Crippen LogP contribution is 2.30. The molecular formula is C20H14ClN3S. The van der Waals surface area contributed by atoms with Crippen molar-refractivity contribution in [3.8, 4) is 11.3 Å². The molecule has 0 radical (unpaired) electrons. The molecule has 0 saturated carbocycles. The third kappa shape index (κ3) is 3.40. The third-order valence-corrected chi connectivity index (χ3v) is 4.93. The summed E-state index contributed by atoms with van der Waals surface area (Å²) >= 11 is 7.64. The van der Waals surface area contributed by atoms with Gasteiger partial charge in [-0.25, -0.2) is 4.98 Å². The first kappa shape index (κ1) is 15.8. The summed E-state index contributed by atoms with van der Waals surface area (Å²) in [6, 6.07) is 22.1. The molecule has 1 heterocycles. The van der Waals surface area contributed by atoms with Crippen LogP contribution >= 0.6 is 22.9 Å². The zero-order chi connectivity index (χ0) is 17.1. The fraction of sp³-hybridized carbons (Fsp3) is 0. The minimum atomic E-state index is 0.670. The molecule has 0 atom stereocenters. The number of hydrogen-bond donors (Lipinski definition) is 1. The zero-order valence-corrected chi connectivity index (χ0v) is 14.8. The molecular weight excluding hydrogens is 350 g/mol. The summed E-state index contributed by atoms with van der Waals surface area (Å²) in [7, 11) is 0. The molecule has 4 rings (SSSR count). The maximum atomic E-state index is 6.11. The first-order valence-corrected chi connectivity index (χ1v) is 9.04. The van der Waals surface area contributed by atoms with Crippen LogP contribution in [0.25, 0.3) is 22.0 Å². The molecule has 1 aromatic heterocycles. The second-order valence-corrected chi connectivity index (χ2v) is 6.72. The molecule has 0 spiro atoms. The summed E-state index contributed by atoms with van der Waals surface area (Å²) in [5, 5.41) is 10.1. The van der Waals surface area contributed by atoms with Crippen LogP contribution in [0.5, 0.6) is 0 Å². The number of fused-ring (bicyclic) bond motifs is 1. The van der Waals surface area contributed by atoms with E-state index in [2.05, 4.69) is 45.8 Å². The van der Waals surface area contributed by atoms with Crippen molar-refractivity contribution >= 4 is 45.1 Å². The minimum Gasteiger partial charge on any atom is -0.253 e. The van der Waals surface area contributed by atoms with Crippen LogP contribution in [0.1, 0.15) is 5.56 Å². The maximum Gasteiger partial charge on any atom is 0.203 e. The highest BCUT2D eigenvalue weighted by atomic mass is 35.5. The van der Waals surface area contributed by atoms with Crippen molar-refractivity contribution in [3.05, 3.63) is 82.7 Å². The highest BCUT2D eigenvalue weighted by Gasteiger charge is 2.07. The maximum absolute atomic E-state index is 6.11. The van der Waals surface area contributed by atoms with Gasteiger partial charge in [-0.1, -0.05) is 72.3 Å². The number of hydrazone groups is 1. The Morgan fingerprint density at radius 3 is 2.68 bits per heavy atom. The molecule has 5 heteroatoms. The van der Waals surface area contributed by atoms with E-state index >= 15 is 0 Å². The van der Waals surface area contributed by atoms with Gasteiger partial charge in [0, 0.05) is 21.5 Å². The molecule has 0 aliphatic carbocycles. The van der Waals surface area contributed by atoms with Crippen LogP contribution in [0.2, 0.25) is 5.02 Å². The molecule has 0 unspecified atom stereocenters. The average molecular weight is 364 g/mol. The van der Waals surface area contributed by atoms with E-state index in [9.17, 15) is 0 Å². The number of halogens is 1. The van der Waals surface area contributed by atoms with Crippen LogP contribution in [0.3, 0.4) is 0 Å². The van der Waals surface area contributed by atoms with Gasteiger partial charge in [0.1, 0.15) is 0 Å². The lowest BCUT2D eigenvalue weighted by Gasteiger charge is -2.03. The quantitative estimate of drug-likeness (QED) is 0.353. The Morgan fingerprint density at radius 2 is 1.76 bits per heavy atom. The van der Waals surface area contributed by atoms with Crippen molar-refractivity contribution in [3.63, 3.8) is 0 Å². The van der Waals surface area contributed by atoms with Gasteiger partial charge in [0.15, 0.2) is 0 Å². The second-order valence-electron chi connectivity index (χ2n) is 5.46. The number of thiazole rings is 1. The van der Waals surface area contributed by atoms with Gasteiger partial charge in [-0.15, -0.1) is 11.3 Å². The Hall–Kier alpha value is -2.69. The lowest BCUT2D eigenvalue weighted by atomic mass is 10.0. The molecule has 122 valence electrons. The Kier molecular flexibility index (Phi) is 4.46. The molecule has 0 fully saturated rings. The van der Waals surface area contributed by atoms with E-state index in [1.807, 2.05) is 41.8 Å². The fourth-order valence-electron chi connectivity index (χ4n) is 2.63. The first-order valence-electron chi connectivity index (χ1n) is 7.78. The summed E-state index contributed by atoms with van der Waals surface area (Å²) in [6.45, 7) is 0. The van der Waals surface area contributed by atoms with Gasteiger partial charge in [0.2, 0.25) is 5.13 Å². The van der Waals surface area contributed by atoms with E-state index in [-0.39, 0.29) is 0 Å². The van der Waals surface area contributed by atoms with E-state index in [1.54, 1.807) is 6.21 Å². The minimum absolute atomic E-state index is 0.670. The zero-order valence-electron chi connectivity index (χ0n) is 13.2. The van der Waals surface area contributed by atoms with Gasteiger partial charge >= 0.3 is 0 Å². The summed E-state index contributed by atoms with van der Waals surface area (Å²) in [4.78, 5) is 4.64. The number of hydrogen-bond acceptors (Lipinski definition) is 4. The summed E-state index contributed by atoms with van der Waals surface area (Å²) in [5.41, 5.74) is 5.90. The van der Waals surface area contributed by atoms with E-state index in [0.29, 0.717) is 5.02 Å². The molecule has 0 bridgehead atoms. The Balaban J connectivity index is 1.57. The van der Waals surface area contributed by atoms with Crippen LogP contribution in [0.15, 0.2) is 77.2 Å². The molecule has 0 saturated heterocycles. The number of benzene rings is 3. The van der Waals surface area contributed by atoms with Crippen LogP contribution in [-0.2, 0) is 0 Å². The average Bonchev–Trinajstić information content (AvgIpc) is 3.11. The molecule has 3 nitrogen and oxygen atoms in total. The van der Waals surface area contributed by atoms with Crippen LogP contribution < -0.4 is 5.43 Å². The fourth-order valence-corrected chi connectivity index (χ4v) is 3.48. The number of nitrogens with one attached hydrogen (secondary N) is 1. The Labute approximate surface area is 154 Å². The summed E-state index contributed by atoms with van der Waals surface area (Å²) in [6.07, 6.45) is 1.70. The highest BCUT2D eigenvalue weighted by molar-refractivity contribution is 7.14. The van der Waals surface area contributed by atoms with Gasteiger partial charge in [-0.2, -0.15) is 5.10 Å². The van der Waals surface area contributed by atoms with Gasteiger partial charge in [0.05, 0.1) is 11.9 Å². The van der Waals surface area contributed by atoms with E-state index in [0.717, 1.165) is 22.0 Å². The van der Waals surface area contributed by atoms with Gasteiger partial charge in [-0.05, 0) is 16.8 Å². The Bertz CT molecular complexity index is 1050. The smallest absolute Gasteiger partial charge is 0.203 e. The second kappa shape index (κ2) is 7.05. The first-order chi connectivity index (χ1) is 12.3. The predicted molar refractivity (Wildman–Crippen MR) is 108 cm³/mol. The number of nitrogens with zero attached hydrogens (tertiary/aromatic N) is 2. The van der Waals surface area contributed by atoms with Crippen LogP contribution in [-0.4, -0.2) is 11.2 Å². The van der Waals surface area contributed by atoms with Crippen molar-refractivity contribution in [2.24, 2.45) is 5.10 Å². The number of aromatic nitrogens is 1. The molecule has 4 aromatic rings. The largest absolute Gasteiger partial charge is 0.253 e. The normalized spacial score (nSPS) is 11.2. The van der Waals surface area contributed by atoms with Crippen molar-refractivity contribution < 1.29 is 0 Å². The van der Waals surface area contributed by atoms with Crippen molar-refractivity contribution in [2.75, 3.05) is 5.43 Å². The monoisotopic (exact) mass is 363 g/mol.